The highest BCUT2D eigenvalue weighted by molar-refractivity contribution is 6.30. The SMILES string of the molecule is C=CCCC(=O)c1ccc(Cl)cc1. The second-order valence-corrected chi connectivity index (χ2v) is 3.19. The number of carbonyl (C=O) groups is 1. The Morgan fingerprint density at radius 1 is 1.38 bits per heavy atom. The molecule has 1 aromatic rings. The third kappa shape index (κ3) is 3.03. The van der Waals surface area contributed by atoms with E-state index in [9.17, 15) is 4.79 Å². The first-order chi connectivity index (χ1) is 6.24. The van der Waals surface area contributed by atoms with Crippen molar-refractivity contribution in [2.24, 2.45) is 0 Å². The lowest BCUT2D eigenvalue weighted by atomic mass is 10.1. The van der Waals surface area contributed by atoms with Gasteiger partial charge in [0, 0.05) is 17.0 Å². The maximum atomic E-state index is 11.4. The van der Waals surface area contributed by atoms with Crippen LogP contribution in [-0.2, 0) is 0 Å². The van der Waals surface area contributed by atoms with Crippen molar-refractivity contribution in [3.05, 3.63) is 47.5 Å². The predicted octanol–water partition coefficient (Wildman–Crippen LogP) is 3.49. The van der Waals surface area contributed by atoms with Gasteiger partial charge in [-0.05, 0) is 30.7 Å². The van der Waals surface area contributed by atoms with E-state index in [4.69, 9.17) is 11.6 Å². The molecule has 0 atom stereocenters. The highest BCUT2D eigenvalue weighted by atomic mass is 35.5. The fraction of sp³-hybridized carbons (Fsp3) is 0.182. The van der Waals surface area contributed by atoms with Crippen LogP contribution in [0.3, 0.4) is 0 Å². The van der Waals surface area contributed by atoms with Crippen LogP contribution >= 0.6 is 11.6 Å². The molecule has 1 nitrogen and oxygen atoms in total. The van der Waals surface area contributed by atoms with E-state index in [1.54, 1.807) is 30.3 Å². The molecule has 0 heterocycles. The number of carbonyl (C=O) groups excluding carboxylic acids is 1. The van der Waals surface area contributed by atoms with Gasteiger partial charge in [-0.3, -0.25) is 4.79 Å². The standard InChI is InChI=1S/C11H11ClO/c1-2-3-4-11(13)9-5-7-10(12)8-6-9/h2,5-8H,1,3-4H2. The normalized spacial score (nSPS) is 9.62. The monoisotopic (exact) mass is 194 g/mol. The lowest BCUT2D eigenvalue weighted by Gasteiger charge is -1.98. The van der Waals surface area contributed by atoms with Crippen LogP contribution in [0, 0.1) is 0 Å². The summed E-state index contributed by atoms with van der Waals surface area (Å²) in [7, 11) is 0. The van der Waals surface area contributed by atoms with Gasteiger partial charge < -0.3 is 0 Å². The van der Waals surface area contributed by atoms with Gasteiger partial charge in [0.2, 0.25) is 0 Å². The van der Waals surface area contributed by atoms with Crippen molar-refractivity contribution >= 4 is 17.4 Å². The van der Waals surface area contributed by atoms with Crippen LogP contribution in [0.15, 0.2) is 36.9 Å². The zero-order valence-corrected chi connectivity index (χ0v) is 8.05. The molecule has 1 aromatic carbocycles. The Kier molecular flexibility index (Phi) is 3.71. The molecule has 0 aliphatic carbocycles. The van der Waals surface area contributed by atoms with E-state index in [1.165, 1.54) is 0 Å². The van der Waals surface area contributed by atoms with Crippen molar-refractivity contribution in [2.45, 2.75) is 12.8 Å². The van der Waals surface area contributed by atoms with Crippen molar-refractivity contribution in [2.75, 3.05) is 0 Å². The first-order valence-electron chi connectivity index (χ1n) is 4.13. The smallest absolute Gasteiger partial charge is 0.163 e. The van der Waals surface area contributed by atoms with Crippen LogP contribution in [0.5, 0.6) is 0 Å². The second-order valence-electron chi connectivity index (χ2n) is 2.76. The molecule has 0 saturated carbocycles. The number of Topliss-reactive ketones (excluding diaryl/α,β-unsaturated/α-hetero) is 1. The molecule has 0 fully saturated rings. The fourth-order valence-electron chi connectivity index (χ4n) is 1.01. The topological polar surface area (TPSA) is 17.1 Å². The van der Waals surface area contributed by atoms with E-state index in [-0.39, 0.29) is 5.78 Å². The van der Waals surface area contributed by atoms with E-state index in [2.05, 4.69) is 6.58 Å². The van der Waals surface area contributed by atoms with Gasteiger partial charge in [-0.15, -0.1) is 6.58 Å². The predicted molar refractivity (Wildman–Crippen MR) is 55.2 cm³/mol. The molecule has 0 aliphatic rings. The van der Waals surface area contributed by atoms with Gasteiger partial charge in [0.1, 0.15) is 0 Å². The molecule has 0 bridgehead atoms. The molecule has 0 N–H and O–H groups in total. The molecule has 2 heteroatoms. The highest BCUT2D eigenvalue weighted by Crippen LogP contribution is 2.11. The molecule has 68 valence electrons. The Bertz CT molecular complexity index is 300. The Balaban J connectivity index is 2.66. The lowest BCUT2D eigenvalue weighted by molar-refractivity contribution is 0.0983. The van der Waals surface area contributed by atoms with Crippen molar-refractivity contribution in [3.8, 4) is 0 Å². The summed E-state index contributed by atoms with van der Waals surface area (Å²) >= 11 is 5.69. The maximum absolute atomic E-state index is 11.4. The van der Waals surface area contributed by atoms with Crippen molar-refractivity contribution in [3.63, 3.8) is 0 Å². The molecule has 13 heavy (non-hydrogen) atoms. The number of hydrogen-bond donors (Lipinski definition) is 0. The number of ketones is 1. The second kappa shape index (κ2) is 4.83. The molecular formula is C11H11ClO. The Morgan fingerprint density at radius 2 is 2.00 bits per heavy atom. The van der Waals surface area contributed by atoms with Gasteiger partial charge in [0.05, 0.1) is 0 Å². The Labute approximate surface area is 83.0 Å². The Morgan fingerprint density at radius 3 is 2.54 bits per heavy atom. The summed E-state index contributed by atoms with van der Waals surface area (Å²) in [6.07, 6.45) is 2.99. The summed E-state index contributed by atoms with van der Waals surface area (Å²) in [6.45, 7) is 3.57. The molecular weight excluding hydrogens is 184 g/mol. The van der Waals surface area contributed by atoms with Crippen molar-refractivity contribution < 1.29 is 4.79 Å². The fourth-order valence-corrected chi connectivity index (χ4v) is 1.14. The largest absolute Gasteiger partial charge is 0.294 e. The van der Waals surface area contributed by atoms with E-state index in [0.717, 1.165) is 6.42 Å². The summed E-state index contributed by atoms with van der Waals surface area (Å²) in [4.78, 5) is 11.4. The van der Waals surface area contributed by atoms with Gasteiger partial charge in [-0.25, -0.2) is 0 Å². The van der Waals surface area contributed by atoms with E-state index in [1.807, 2.05) is 0 Å². The van der Waals surface area contributed by atoms with E-state index < -0.39 is 0 Å². The molecule has 0 amide bonds. The van der Waals surface area contributed by atoms with Gasteiger partial charge in [0.15, 0.2) is 5.78 Å². The van der Waals surface area contributed by atoms with Crippen LogP contribution in [0.4, 0.5) is 0 Å². The van der Waals surface area contributed by atoms with E-state index >= 15 is 0 Å². The summed E-state index contributed by atoms with van der Waals surface area (Å²) in [5.74, 6) is 0.136. The zero-order chi connectivity index (χ0) is 9.68. The molecule has 0 saturated heterocycles. The minimum atomic E-state index is 0.136. The molecule has 1 rings (SSSR count). The van der Waals surface area contributed by atoms with Gasteiger partial charge in [-0.1, -0.05) is 17.7 Å². The van der Waals surface area contributed by atoms with Gasteiger partial charge >= 0.3 is 0 Å². The van der Waals surface area contributed by atoms with E-state index in [0.29, 0.717) is 17.0 Å². The van der Waals surface area contributed by atoms with Crippen LogP contribution < -0.4 is 0 Å². The minimum absolute atomic E-state index is 0.136. The van der Waals surface area contributed by atoms with Crippen LogP contribution in [0.25, 0.3) is 0 Å². The zero-order valence-electron chi connectivity index (χ0n) is 7.29. The molecule has 0 unspecified atom stereocenters. The number of hydrogen-bond acceptors (Lipinski definition) is 1. The number of rotatable bonds is 4. The Hall–Kier alpha value is -1.08. The average molecular weight is 195 g/mol. The van der Waals surface area contributed by atoms with Crippen LogP contribution in [-0.4, -0.2) is 5.78 Å². The van der Waals surface area contributed by atoms with Crippen LogP contribution in [0.1, 0.15) is 23.2 Å². The number of allylic oxidation sites excluding steroid dienone is 1. The first kappa shape index (κ1) is 10.0. The summed E-state index contributed by atoms with van der Waals surface area (Å²) < 4.78 is 0. The summed E-state index contributed by atoms with van der Waals surface area (Å²) in [5, 5.41) is 0.653. The number of benzene rings is 1. The first-order valence-corrected chi connectivity index (χ1v) is 4.51. The number of halogens is 1. The third-order valence-corrected chi connectivity index (χ3v) is 1.99. The lowest BCUT2D eigenvalue weighted by Crippen LogP contribution is -1.97. The summed E-state index contributed by atoms with van der Waals surface area (Å²) in [5.41, 5.74) is 0.714. The molecule has 0 spiro atoms. The minimum Gasteiger partial charge on any atom is -0.294 e. The van der Waals surface area contributed by atoms with Gasteiger partial charge in [0.25, 0.3) is 0 Å². The average Bonchev–Trinajstić information content (AvgIpc) is 2.15. The van der Waals surface area contributed by atoms with Crippen molar-refractivity contribution in [1.29, 1.82) is 0 Å². The molecule has 0 aliphatic heterocycles. The van der Waals surface area contributed by atoms with Crippen molar-refractivity contribution in [1.82, 2.24) is 0 Å². The highest BCUT2D eigenvalue weighted by Gasteiger charge is 2.03. The quantitative estimate of drug-likeness (QED) is 0.530. The third-order valence-electron chi connectivity index (χ3n) is 1.74. The molecule has 0 aromatic heterocycles. The summed E-state index contributed by atoms with van der Waals surface area (Å²) in [6, 6.07) is 6.94. The maximum Gasteiger partial charge on any atom is 0.163 e. The van der Waals surface area contributed by atoms with Gasteiger partial charge in [-0.2, -0.15) is 0 Å². The van der Waals surface area contributed by atoms with Crippen LogP contribution in [0.2, 0.25) is 5.02 Å². The molecule has 0 radical (unpaired) electrons.